The van der Waals surface area contributed by atoms with Crippen LogP contribution in [0, 0.1) is 0 Å². The molecule has 0 atom stereocenters. The molecule has 1 saturated carbocycles. The molecule has 4 rings (SSSR count). The molecule has 2 aliphatic rings. The minimum absolute atomic E-state index is 0.0242. The Hall–Kier alpha value is -2.34. The van der Waals surface area contributed by atoms with Crippen molar-refractivity contribution in [2.75, 3.05) is 25.5 Å². The van der Waals surface area contributed by atoms with E-state index in [1.54, 1.807) is 13.3 Å². The van der Waals surface area contributed by atoms with E-state index in [1.807, 2.05) is 16.8 Å². The third-order valence-electron chi connectivity index (χ3n) is 5.48. The zero-order valence-corrected chi connectivity index (χ0v) is 15.3. The molecule has 0 bridgehead atoms. The molecule has 0 saturated heterocycles. The fourth-order valence-corrected chi connectivity index (χ4v) is 4.09. The summed E-state index contributed by atoms with van der Waals surface area (Å²) in [5, 5.41) is 7.48. The summed E-state index contributed by atoms with van der Waals surface area (Å²) in [6, 6.07) is 8.53. The van der Waals surface area contributed by atoms with Crippen LogP contribution >= 0.6 is 0 Å². The van der Waals surface area contributed by atoms with Gasteiger partial charge in [-0.1, -0.05) is 18.9 Å². The molecule has 1 aliphatic heterocycles. The lowest BCUT2D eigenvalue weighted by Crippen LogP contribution is -2.37. The largest absolute Gasteiger partial charge is 0.497 e. The second-order valence-corrected chi connectivity index (χ2v) is 7.24. The molecule has 26 heavy (non-hydrogen) atoms. The number of nitrogens with zero attached hydrogens (tertiary/aromatic N) is 3. The Morgan fingerprint density at radius 1 is 1.27 bits per heavy atom. The lowest BCUT2D eigenvalue weighted by atomic mass is 9.99. The molecule has 138 valence electrons. The molecule has 0 spiro atoms. The van der Waals surface area contributed by atoms with Crippen molar-refractivity contribution in [1.82, 2.24) is 14.7 Å². The van der Waals surface area contributed by atoms with Gasteiger partial charge < -0.3 is 10.1 Å². The summed E-state index contributed by atoms with van der Waals surface area (Å²) in [6.07, 6.45) is 7.53. The van der Waals surface area contributed by atoms with Crippen LogP contribution in [0.1, 0.15) is 42.9 Å². The Kier molecular flexibility index (Phi) is 4.93. The highest BCUT2D eigenvalue weighted by molar-refractivity contribution is 5.91. The monoisotopic (exact) mass is 354 g/mol. The van der Waals surface area contributed by atoms with Gasteiger partial charge in [0.15, 0.2) is 0 Å². The number of hydrogen-bond acceptors (Lipinski definition) is 4. The van der Waals surface area contributed by atoms with Gasteiger partial charge >= 0.3 is 0 Å². The minimum Gasteiger partial charge on any atom is -0.497 e. The highest BCUT2D eigenvalue weighted by atomic mass is 16.5. The summed E-state index contributed by atoms with van der Waals surface area (Å²) >= 11 is 0. The Morgan fingerprint density at radius 3 is 2.92 bits per heavy atom. The van der Waals surface area contributed by atoms with Crippen LogP contribution in [0.2, 0.25) is 0 Å². The number of fused-ring (bicyclic) bond motifs is 1. The third-order valence-corrected chi connectivity index (χ3v) is 5.48. The molecule has 6 nitrogen and oxygen atoms in total. The lowest BCUT2D eigenvalue weighted by Gasteiger charge is -2.28. The zero-order valence-electron chi connectivity index (χ0n) is 15.3. The Morgan fingerprint density at radius 2 is 2.12 bits per heavy atom. The van der Waals surface area contributed by atoms with Crippen molar-refractivity contribution < 1.29 is 9.53 Å². The Bertz CT molecular complexity index is 780. The average molecular weight is 354 g/mol. The van der Waals surface area contributed by atoms with Crippen LogP contribution < -0.4 is 10.1 Å². The number of amides is 1. The number of ether oxygens (including phenoxy) is 1. The number of methoxy groups -OCH3 is 1. The first-order chi connectivity index (χ1) is 12.7. The number of anilines is 1. The highest BCUT2D eigenvalue weighted by Crippen LogP contribution is 2.31. The molecule has 0 radical (unpaired) electrons. The van der Waals surface area contributed by atoms with Gasteiger partial charge in [-0.25, -0.2) is 4.68 Å². The zero-order chi connectivity index (χ0) is 17.9. The van der Waals surface area contributed by atoms with Crippen LogP contribution in [0.25, 0.3) is 0 Å². The molecule has 2 heterocycles. The maximum absolute atomic E-state index is 12.6. The molecular weight excluding hydrogens is 328 g/mol. The number of hydrogen-bond donors (Lipinski definition) is 1. The van der Waals surface area contributed by atoms with Crippen molar-refractivity contribution in [2.24, 2.45) is 0 Å². The summed E-state index contributed by atoms with van der Waals surface area (Å²) in [5.41, 5.74) is 2.60. The second-order valence-electron chi connectivity index (χ2n) is 7.24. The third kappa shape index (κ3) is 3.60. The van der Waals surface area contributed by atoms with Gasteiger partial charge in [-0.2, -0.15) is 5.10 Å². The summed E-state index contributed by atoms with van der Waals surface area (Å²) in [5.74, 6) is 1.72. The molecule has 2 aromatic rings. The molecule has 1 fully saturated rings. The van der Waals surface area contributed by atoms with Crippen LogP contribution in [0.5, 0.6) is 5.75 Å². The van der Waals surface area contributed by atoms with Gasteiger partial charge in [-0.3, -0.25) is 9.69 Å². The second kappa shape index (κ2) is 7.50. The molecule has 1 aromatic carbocycles. The number of carbonyl (C=O) groups excluding carboxylic acids is 1. The predicted octanol–water partition coefficient (Wildman–Crippen LogP) is 3.00. The maximum atomic E-state index is 12.6. The van der Waals surface area contributed by atoms with Gasteiger partial charge in [0, 0.05) is 19.2 Å². The quantitative estimate of drug-likeness (QED) is 0.897. The van der Waals surface area contributed by atoms with E-state index < -0.39 is 0 Å². The van der Waals surface area contributed by atoms with E-state index >= 15 is 0 Å². The number of carbonyl (C=O) groups is 1. The average Bonchev–Trinajstić information content (AvgIpc) is 3.32. The summed E-state index contributed by atoms with van der Waals surface area (Å²) in [6.45, 7) is 2.07. The Balaban J connectivity index is 1.37. The molecule has 6 heteroatoms. The number of nitrogens with one attached hydrogen (secondary N) is 1. The normalized spacial score (nSPS) is 17.9. The van der Waals surface area contributed by atoms with E-state index in [1.165, 1.54) is 24.0 Å². The molecular formula is C20H26N4O2. The first-order valence-corrected chi connectivity index (χ1v) is 9.44. The minimum atomic E-state index is 0.0242. The van der Waals surface area contributed by atoms with Crippen LogP contribution in [-0.2, 0) is 17.8 Å². The van der Waals surface area contributed by atoms with E-state index in [0.717, 1.165) is 43.9 Å². The van der Waals surface area contributed by atoms with Crippen molar-refractivity contribution in [3.05, 3.63) is 41.6 Å². The van der Waals surface area contributed by atoms with Crippen molar-refractivity contribution in [2.45, 2.75) is 44.7 Å². The summed E-state index contributed by atoms with van der Waals surface area (Å²) in [4.78, 5) is 14.8. The number of rotatable bonds is 5. The highest BCUT2D eigenvalue weighted by Gasteiger charge is 2.22. The summed E-state index contributed by atoms with van der Waals surface area (Å²) < 4.78 is 7.31. The van der Waals surface area contributed by atoms with Gasteiger partial charge in [-0.05, 0) is 42.5 Å². The van der Waals surface area contributed by atoms with E-state index in [0.29, 0.717) is 12.6 Å². The first-order valence-electron chi connectivity index (χ1n) is 9.44. The molecule has 1 aliphatic carbocycles. The van der Waals surface area contributed by atoms with Crippen molar-refractivity contribution in [3.8, 4) is 5.75 Å². The molecule has 1 N–H and O–H groups in total. The molecule has 1 amide bonds. The number of aromatic nitrogens is 2. The smallest absolute Gasteiger partial charge is 0.239 e. The van der Waals surface area contributed by atoms with Gasteiger partial charge in [0.2, 0.25) is 5.91 Å². The fourth-order valence-electron chi connectivity index (χ4n) is 4.09. The van der Waals surface area contributed by atoms with Crippen LogP contribution in [0.4, 0.5) is 5.82 Å². The lowest BCUT2D eigenvalue weighted by molar-refractivity contribution is -0.117. The predicted molar refractivity (Wildman–Crippen MR) is 100 cm³/mol. The van der Waals surface area contributed by atoms with Gasteiger partial charge in [-0.15, -0.1) is 0 Å². The fraction of sp³-hybridized carbons (Fsp3) is 0.500. The number of benzene rings is 1. The van der Waals surface area contributed by atoms with Crippen LogP contribution in [-0.4, -0.2) is 40.8 Å². The van der Waals surface area contributed by atoms with Crippen molar-refractivity contribution >= 4 is 11.7 Å². The SMILES string of the molecule is COc1ccc2c(c1)CN(CC(=O)Nc1ccnn1C1CCCC1)CC2. The standard InChI is InChI=1S/C20H26N4O2/c1-26-18-7-6-15-9-11-23(13-16(15)12-18)14-20(25)22-19-8-10-21-24(19)17-4-2-3-5-17/h6-8,10,12,17H,2-5,9,11,13-14H2,1H3,(H,22,25). The molecule has 0 unspecified atom stereocenters. The van der Waals surface area contributed by atoms with Crippen LogP contribution in [0.15, 0.2) is 30.5 Å². The van der Waals surface area contributed by atoms with E-state index in [9.17, 15) is 4.79 Å². The van der Waals surface area contributed by atoms with Crippen molar-refractivity contribution in [1.29, 1.82) is 0 Å². The van der Waals surface area contributed by atoms with E-state index in [4.69, 9.17) is 4.74 Å². The summed E-state index contributed by atoms with van der Waals surface area (Å²) in [7, 11) is 1.68. The van der Waals surface area contributed by atoms with Gasteiger partial charge in [0.25, 0.3) is 0 Å². The van der Waals surface area contributed by atoms with Crippen molar-refractivity contribution in [3.63, 3.8) is 0 Å². The maximum Gasteiger partial charge on any atom is 0.239 e. The van der Waals surface area contributed by atoms with E-state index in [2.05, 4.69) is 27.4 Å². The molecule has 1 aromatic heterocycles. The van der Waals surface area contributed by atoms with Crippen LogP contribution in [0.3, 0.4) is 0 Å². The topological polar surface area (TPSA) is 59.4 Å². The van der Waals surface area contributed by atoms with Gasteiger partial charge in [0.05, 0.1) is 25.9 Å². The Labute approximate surface area is 154 Å². The van der Waals surface area contributed by atoms with E-state index in [-0.39, 0.29) is 5.91 Å². The first kappa shape index (κ1) is 17.1. The van der Waals surface area contributed by atoms with Gasteiger partial charge in [0.1, 0.15) is 11.6 Å².